The summed E-state index contributed by atoms with van der Waals surface area (Å²) in [6.45, 7) is 3.55. The van der Waals surface area contributed by atoms with Crippen LogP contribution in [0.2, 0.25) is 0 Å². The third-order valence-electron chi connectivity index (χ3n) is 3.59. The lowest BCUT2D eigenvalue weighted by Gasteiger charge is -2.36. The lowest BCUT2D eigenvalue weighted by Crippen LogP contribution is -2.48. The lowest BCUT2D eigenvalue weighted by molar-refractivity contribution is 0.166. The Balaban J connectivity index is 1.80. The third kappa shape index (κ3) is 4.35. The van der Waals surface area contributed by atoms with Gasteiger partial charge in [0.1, 0.15) is 0 Å². The minimum Gasteiger partial charge on any atom is -0.396 e. The van der Waals surface area contributed by atoms with E-state index in [1.807, 2.05) is 0 Å². The number of rotatable bonds is 6. The van der Waals surface area contributed by atoms with E-state index in [1.54, 1.807) is 11.3 Å². The van der Waals surface area contributed by atoms with Crippen LogP contribution in [0.15, 0.2) is 16.8 Å². The van der Waals surface area contributed by atoms with E-state index in [9.17, 15) is 0 Å². The van der Waals surface area contributed by atoms with Crippen LogP contribution in [0.25, 0.3) is 0 Å². The maximum Gasteiger partial charge on any atom is 0.0443 e. The molecular weight excluding hydrogens is 244 g/mol. The van der Waals surface area contributed by atoms with Crippen molar-refractivity contribution in [2.24, 2.45) is 5.92 Å². The third-order valence-corrected chi connectivity index (χ3v) is 4.32. The smallest absolute Gasteiger partial charge is 0.0443 e. The van der Waals surface area contributed by atoms with Crippen molar-refractivity contribution in [1.29, 1.82) is 0 Å². The van der Waals surface area contributed by atoms with Crippen molar-refractivity contribution in [1.82, 2.24) is 10.2 Å². The van der Waals surface area contributed by atoms with Crippen molar-refractivity contribution >= 4 is 11.3 Å². The highest BCUT2D eigenvalue weighted by Gasteiger charge is 2.24. The SMILES string of the molecule is CN1CC(Cc2ccsc2)CC(NCCCO)C1. The van der Waals surface area contributed by atoms with Gasteiger partial charge in [0.15, 0.2) is 0 Å². The van der Waals surface area contributed by atoms with Crippen LogP contribution >= 0.6 is 11.3 Å². The number of likely N-dealkylation sites (tertiary alicyclic amines) is 1. The van der Waals surface area contributed by atoms with Gasteiger partial charge in [0, 0.05) is 25.7 Å². The Kier molecular flexibility index (Phi) is 5.63. The van der Waals surface area contributed by atoms with Gasteiger partial charge in [-0.2, -0.15) is 11.3 Å². The van der Waals surface area contributed by atoms with Gasteiger partial charge in [-0.3, -0.25) is 0 Å². The number of likely N-dealkylation sites (N-methyl/N-ethyl adjacent to an activating group) is 1. The monoisotopic (exact) mass is 268 g/mol. The molecule has 1 fully saturated rings. The molecule has 0 saturated carbocycles. The second-order valence-electron chi connectivity index (χ2n) is 5.39. The van der Waals surface area contributed by atoms with Crippen molar-refractivity contribution in [2.75, 3.05) is 33.3 Å². The van der Waals surface area contributed by atoms with Gasteiger partial charge in [-0.25, -0.2) is 0 Å². The van der Waals surface area contributed by atoms with E-state index in [1.165, 1.54) is 24.9 Å². The summed E-state index contributed by atoms with van der Waals surface area (Å²) in [6, 6.07) is 2.83. The molecule has 1 aromatic rings. The minimum atomic E-state index is 0.286. The molecule has 1 aromatic heterocycles. The van der Waals surface area contributed by atoms with Crippen LogP contribution in [-0.4, -0.2) is 49.3 Å². The number of aliphatic hydroxyl groups is 1. The molecule has 1 saturated heterocycles. The summed E-state index contributed by atoms with van der Waals surface area (Å²) in [5.41, 5.74) is 1.48. The Hall–Kier alpha value is -0.420. The van der Waals surface area contributed by atoms with Crippen LogP contribution in [0.1, 0.15) is 18.4 Å². The zero-order chi connectivity index (χ0) is 12.8. The van der Waals surface area contributed by atoms with E-state index >= 15 is 0 Å². The molecule has 1 aliphatic rings. The maximum atomic E-state index is 8.82. The molecule has 1 aliphatic heterocycles. The Morgan fingerprint density at radius 2 is 2.39 bits per heavy atom. The van der Waals surface area contributed by atoms with E-state index in [0.29, 0.717) is 6.04 Å². The number of hydrogen-bond donors (Lipinski definition) is 2. The molecule has 2 rings (SSSR count). The van der Waals surface area contributed by atoms with Crippen molar-refractivity contribution in [3.63, 3.8) is 0 Å². The Labute approximate surface area is 114 Å². The first-order valence-electron chi connectivity index (χ1n) is 6.82. The van der Waals surface area contributed by atoms with Crippen LogP contribution in [-0.2, 0) is 6.42 Å². The van der Waals surface area contributed by atoms with Gasteiger partial charge in [0.05, 0.1) is 0 Å². The van der Waals surface area contributed by atoms with Crippen molar-refractivity contribution < 1.29 is 5.11 Å². The highest BCUT2D eigenvalue weighted by Crippen LogP contribution is 2.21. The molecule has 102 valence electrons. The zero-order valence-corrected chi connectivity index (χ0v) is 12.0. The second kappa shape index (κ2) is 7.24. The molecule has 0 radical (unpaired) electrons. The normalized spacial score (nSPS) is 25.4. The van der Waals surface area contributed by atoms with Crippen LogP contribution in [0.5, 0.6) is 0 Å². The standard InChI is InChI=1S/C14H24N2OS/c1-16-9-13(7-12-3-6-18-11-12)8-14(10-16)15-4-2-5-17/h3,6,11,13-15,17H,2,4-5,7-10H2,1H3. The molecule has 2 atom stereocenters. The van der Waals surface area contributed by atoms with Crippen LogP contribution < -0.4 is 5.32 Å². The molecule has 2 N–H and O–H groups in total. The predicted octanol–water partition coefficient (Wildman–Crippen LogP) is 1.58. The first kappa shape index (κ1) is 14.0. The van der Waals surface area contributed by atoms with E-state index < -0.39 is 0 Å². The Morgan fingerprint density at radius 1 is 1.50 bits per heavy atom. The summed E-state index contributed by atoms with van der Waals surface area (Å²) >= 11 is 1.79. The van der Waals surface area contributed by atoms with E-state index in [0.717, 1.165) is 25.4 Å². The molecule has 18 heavy (non-hydrogen) atoms. The average molecular weight is 268 g/mol. The van der Waals surface area contributed by atoms with Crippen LogP contribution in [0.3, 0.4) is 0 Å². The molecule has 0 amide bonds. The molecule has 2 heterocycles. The molecule has 3 nitrogen and oxygen atoms in total. The van der Waals surface area contributed by atoms with Gasteiger partial charge in [0.25, 0.3) is 0 Å². The van der Waals surface area contributed by atoms with E-state index in [4.69, 9.17) is 5.11 Å². The average Bonchev–Trinajstić information content (AvgIpc) is 2.81. The highest BCUT2D eigenvalue weighted by atomic mass is 32.1. The molecule has 0 aliphatic carbocycles. The molecule has 0 aromatic carbocycles. The molecule has 0 spiro atoms. The second-order valence-corrected chi connectivity index (χ2v) is 6.17. The van der Waals surface area contributed by atoms with Crippen LogP contribution in [0, 0.1) is 5.92 Å². The highest BCUT2D eigenvalue weighted by molar-refractivity contribution is 7.07. The summed E-state index contributed by atoms with van der Waals surface area (Å²) in [7, 11) is 2.21. The largest absolute Gasteiger partial charge is 0.396 e. The fraction of sp³-hybridized carbons (Fsp3) is 0.714. The van der Waals surface area contributed by atoms with Gasteiger partial charge in [-0.05, 0) is 61.2 Å². The van der Waals surface area contributed by atoms with Gasteiger partial charge in [-0.15, -0.1) is 0 Å². The topological polar surface area (TPSA) is 35.5 Å². The number of nitrogens with zero attached hydrogens (tertiary/aromatic N) is 1. The summed E-state index contributed by atoms with van der Waals surface area (Å²) < 4.78 is 0. The Morgan fingerprint density at radius 3 is 3.11 bits per heavy atom. The molecule has 4 heteroatoms. The fourth-order valence-electron chi connectivity index (χ4n) is 2.87. The maximum absolute atomic E-state index is 8.82. The summed E-state index contributed by atoms with van der Waals surface area (Å²) in [4.78, 5) is 2.43. The van der Waals surface area contributed by atoms with Crippen molar-refractivity contribution in [3.05, 3.63) is 22.4 Å². The predicted molar refractivity (Wildman–Crippen MR) is 77.1 cm³/mol. The van der Waals surface area contributed by atoms with Gasteiger partial charge in [0.2, 0.25) is 0 Å². The fourth-order valence-corrected chi connectivity index (χ4v) is 3.55. The molecular formula is C14H24N2OS. The van der Waals surface area contributed by atoms with Gasteiger partial charge >= 0.3 is 0 Å². The lowest BCUT2D eigenvalue weighted by atomic mass is 9.89. The quantitative estimate of drug-likeness (QED) is 0.769. The van der Waals surface area contributed by atoms with E-state index in [-0.39, 0.29) is 6.61 Å². The number of thiophene rings is 1. The number of aliphatic hydroxyl groups excluding tert-OH is 1. The molecule has 2 unspecified atom stereocenters. The first-order chi connectivity index (χ1) is 8.78. The first-order valence-corrected chi connectivity index (χ1v) is 7.76. The Bertz CT molecular complexity index is 329. The number of hydrogen-bond acceptors (Lipinski definition) is 4. The summed E-state index contributed by atoms with van der Waals surface area (Å²) in [5, 5.41) is 16.8. The van der Waals surface area contributed by atoms with Crippen molar-refractivity contribution in [2.45, 2.75) is 25.3 Å². The zero-order valence-electron chi connectivity index (χ0n) is 11.1. The van der Waals surface area contributed by atoms with Gasteiger partial charge in [-0.1, -0.05) is 0 Å². The van der Waals surface area contributed by atoms with Crippen molar-refractivity contribution in [3.8, 4) is 0 Å². The number of nitrogens with one attached hydrogen (secondary N) is 1. The van der Waals surface area contributed by atoms with E-state index in [2.05, 4.69) is 34.1 Å². The molecule has 0 bridgehead atoms. The van der Waals surface area contributed by atoms with Crippen LogP contribution in [0.4, 0.5) is 0 Å². The summed E-state index contributed by atoms with van der Waals surface area (Å²) in [6.07, 6.45) is 3.31. The number of piperidine rings is 1. The van der Waals surface area contributed by atoms with Gasteiger partial charge < -0.3 is 15.3 Å². The summed E-state index contributed by atoms with van der Waals surface area (Å²) in [5.74, 6) is 0.755. The minimum absolute atomic E-state index is 0.286.